The monoisotopic (exact) mass is 256 g/mol. The minimum Gasteiger partial charge on any atom is -0.338 e. The number of nitriles is 1. The van der Waals surface area contributed by atoms with E-state index in [1.807, 2.05) is 31.2 Å². The van der Waals surface area contributed by atoms with E-state index in [9.17, 15) is 10.1 Å². The molecule has 0 radical (unpaired) electrons. The van der Waals surface area contributed by atoms with Gasteiger partial charge in [-0.05, 0) is 25.3 Å². The van der Waals surface area contributed by atoms with Gasteiger partial charge in [-0.2, -0.15) is 5.26 Å². The Bertz CT molecular complexity index is 496. The second-order valence-electron chi connectivity index (χ2n) is 5.47. The van der Waals surface area contributed by atoms with Gasteiger partial charge in [0.15, 0.2) is 0 Å². The number of amides is 1. The van der Waals surface area contributed by atoms with Crippen LogP contribution in [0.15, 0.2) is 24.3 Å². The van der Waals surface area contributed by atoms with Crippen LogP contribution in [0.4, 0.5) is 0 Å². The number of nitrogens with one attached hydrogen (secondary N) is 1. The number of carbonyl (C=O) groups is 1. The minimum atomic E-state index is -0.626. The molecule has 1 fully saturated rings. The lowest BCUT2D eigenvalue weighted by Crippen LogP contribution is -2.49. The predicted octanol–water partition coefficient (Wildman–Crippen LogP) is 2.88. The molecule has 1 aliphatic rings. The quantitative estimate of drug-likeness (QED) is 0.904. The normalized spacial score (nSPS) is 17.5. The molecule has 1 aromatic carbocycles. The standard InChI is InChI=1S/C16H20N2O/c1-13-6-5-7-14(10-13)11-15(19)18-16(12-17)8-3-2-4-9-16/h5-7,10H,2-4,8-9,11H2,1H3,(H,18,19). The van der Waals surface area contributed by atoms with Crippen LogP contribution >= 0.6 is 0 Å². The average molecular weight is 256 g/mol. The summed E-state index contributed by atoms with van der Waals surface area (Å²) in [5.41, 5.74) is 1.53. The van der Waals surface area contributed by atoms with Crippen LogP contribution in [0.25, 0.3) is 0 Å². The number of hydrogen-bond donors (Lipinski definition) is 1. The van der Waals surface area contributed by atoms with Gasteiger partial charge in [0.1, 0.15) is 5.54 Å². The molecule has 0 spiro atoms. The van der Waals surface area contributed by atoms with Crippen LogP contribution in [0, 0.1) is 18.3 Å². The first-order chi connectivity index (χ1) is 9.13. The minimum absolute atomic E-state index is 0.0472. The Labute approximate surface area is 114 Å². The third kappa shape index (κ3) is 3.57. The molecule has 0 saturated heterocycles. The molecule has 0 aromatic heterocycles. The summed E-state index contributed by atoms with van der Waals surface area (Å²) >= 11 is 0. The van der Waals surface area contributed by atoms with E-state index in [0.29, 0.717) is 6.42 Å². The molecule has 0 bridgehead atoms. The van der Waals surface area contributed by atoms with Gasteiger partial charge in [-0.1, -0.05) is 49.1 Å². The molecule has 1 saturated carbocycles. The van der Waals surface area contributed by atoms with Crippen molar-refractivity contribution in [3.05, 3.63) is 35.4 Å². The lowest BCUT2D eigenvalue weighted by molar-refractivity contribution is -0.122. The summed E-state index contributed by atoms with van der Waals surface area (Å²) in [5, 5.41) is 12.3. The van der Waals surface area contributed by atoms with Crippen molar-refractivity contribution in [1.29, 1.82) is 5.26 Å². The molecule has 1 amide bonds. The number of aryl methyl sites for hydroxylation is 1. The Morgan fingerprint density at radius 2 is 2.11 bits per heavy atom. The van der Waals surface area contributed by atoms with Crippen LogP contribution in [-0.4, -0.2) is 11.4 Å². The van der Waals surface area contributed by atoms with Crippen molar-refractivity contribution >= 4 is 5.91 Å². The van der Waals surface area contributed by atoms with Gasteiger partial charge in [-0.15, -0.1) is 0 Å². The van der Waals surface area contributed by atoms with Crippen LogP contribution < -0.4 is 5.32 Å². The largest absolute Gasteiger partial charge is 0.338 e. The first kappa shape index (κ1) is 13.6. The summed E-state index contributed by atoms with van der Waals surface area (Å²) in [5.74, 6) is -0.0472. The van der Waals surface area contributed by atoms with Crippen LogP contribution in [0.2, 0.25) is 0 Å². The third-order valence-corrected chi connectivity index (χ3v) is 3.75. The maximum absolute atomic E-state index is 12.1. The van der Waals surface area contributed by atoms with Crippen molar-refractivity contribution in [2.75, 3.05) is 0 Å². The van der Waals surface area contributed by atoms with E-state index in [0.717, 1.165) is 43.2 Å². The van der Waals surface area contributed by atoms with Crippen LogP contribution in [0.1, 0.15) is 43.2 Å². The number of rotatable bonds is 3. The Morgan fingerprint density at radius 1 is 1.37 bits per heavy atom. The molecule has 100 valence electrons. The summed E-state index contributed by atoms with van der Waals surface area (Å²) in [6, 6.07) is 10.2. The van der Waals surface area contributed by atoms with E-state index in [2.05, 4.69) is 11.4 Å². The van der Waals surface area contributed by atoms with Gasteiger partial charge in [0.25, 0.3) is 0 Å². The number of benzene rings is 1. The molecule has 1 aliphatic carbocycles. The topological polar surface area (TPSA) is 52.9 Å². The molecule has 0 heterocycles. The number of nitrogens with zero attached hydrogens (tertiary/aromatic N) is 1. The molecule has 19 heavy (non-hydrogen) atoms. The number of carbonyl (C=O) groups excluding carboxylic acids is 1. The summed E-state index contributed by atoms with van der Waals surface area (Å²) in [7, 11) is 0. The van der Waals surface area contributed by atoms with Crippen molar-refractivity contribution in [1.82, 2.24) is 5.32 Å². The number of hydrogen-bond acceptors (Lipinski definition) is 2. The first-order valence-electron chi connectivity index (χ1n) is 6.91. The van der Waals surface area contributed by atoms with Gasteiger partial charge in [0.2, 0.25) is 5.91 Å². The van der Waals surface area contributed by atoms with Crippen molar-refractivity contribution in [3.8, 4) is 6.07 Å². The van der Waals surface area contributed by atoms with Gasteiger partial charge in [-0.3, -0.25) is 4.79 Å². The highest BCUT2D eigenvalue weighted by molar-refractivity contribution is 5.79. The van der Waals surface area contributed by atoms with Gasteiger partial charge >= 0.3 is 0 Å². The second kappa shape index (κ2) is 5.88. The molecule has 2 rings (SSSR count). The van der Waals surface area contributed by atoms with Gasteiger partial charge in [-0.25, -0.2) is 0 Å². The maximum Gasteiger partial charge on any atom is 0.225 e. The zero-order valence-corrected chi connectivity index (χ0v) is 11.4. The molecule has 0 aliphatic heterocycles. The highest BCUT2D eigenvalue weighted by atomic mass is 16.1. The molecule has 1 aromatic rings. The molecule has 0 atom stereocenters. The molecule has 3 nitrogen and oxygen atoms in total. The Balaban J connectivity index is 1.99. The second-order valence-corrected chi connectivity index (χ2v) is 5.47. The molecular formula is C16H20N2O. The first-order valence-corrected chi connectivity index (χ1v) is 6.91. The van der Waals surface area contributed by atoms with Crippen molar-refractivity contribution < 1.29 is 4.79 Å². The summed E-state index contributed by atoms with van der Waals surface area (Å²) in [4.78, 5) is 12.1. The SMILES string of the molecule is Cc1cccc(CC(=O)NC2(C#N)CCCCC2)c1. The van der Waals surface area contributed by atoms with Gasteiger partial charge in [0.05, 0.1) is 12.5 Å². The van der Waals surface area contributed by atoms with E-state index in [1.54, 1.807) is 0 Å². The Kier molecular flexibility index (Phi) is 4.21. The summed E-state index contributed by atoms with van der Waals surface area (Å²) in [6.07, 6.45) is 5.13. The fourth-order valence-corrected chi connectivity index (χ4v) is 2.74. The highest BCUT2D eigenvalue weighted by Crippen LogP contribution is 2.27. The molecule has 1 N–H and O–H groups in total. The van der Waals surface area contributed by atoms with Gasteiger partial charge in [0, 0.05) is 0 Å². The van der Waals surface area contributed by atoms with Crippen LogP contribution in [0.5, 0.6) is 0 Å². The Morgan fingerprint density at radius 3 is 2.74 bits per heavy atom. The zero-order chi connectivity index (χ0) is 13.7. The third-order valence-electron chi connectivity index (χ3n) is 3.75. The van der Waals surface area contributed by atoms with Crippen molar-refractivity contribution in [2.24, 2.45) is 0 Å². The van der Waals surface area contributed by atoms with Crippen LogP contribution in [-0.2, 0) is 11.2 Å². The van der Waals surface area contributed by atoms with E-state index >= 15 is 0 Å². The average Bonchev–Trinajstić information content (AvgIpc) is 2.39. The van der Waals surface area contributed by atoms with Crippen LogP contribution in [0.3, 0.4) is 0 Å². The fourth-order valence-electron chi connectivity index (χ4n) is 2.74. The van der Waals surface area contributed by atoms with E-state index < -0.39 is 5.54 Å². The van der Waals surface area contributed by atoms with Crippen molar-refractivity contribution in [3.63, 3.8) is 0 Å². The predicted molar refractivity (Wildman–Crippen MR) is 74.5 cm³/mol. The Hall–Kier alpha value is -1.82. The molecular weight excluding hydrogens is 236 g/mol. The molecule has 0 unspecified atom stereocenters. The fraction of sp³-hybridized carbons (Fsp3) is 0.500. The molecule has 3 heteroatoms. The van der Waals surface area contributed by atoms with Gasteiger partial charge < -0.3 is 5.32 Å². The van der Waals surface area contributed by atoms with E-state index in [4.69, 9.17) is 0 Å². The van der Waals surface area contributed by atoms with Crippen molar-refractivity contribution in [2.45, 2.75) is 51.0 Å². The lowest BCUT2D eigenvalue weighted by atomic mass is 9.82. The summed E-state index contributed by atoms with van der Waals surface area (Å²) < 4.78 is 0. The van der Waals surface area contributed by atoms with E-state index in [-0.39, 0.29) is 5.91 Å². The smallest absolute Gasteiger partial charge is 0.225 e. The lowest BCUT2D eigenvalue weighted by Gasteiger charge is -2.31. The van der Waals surface area contributed by atoms with E-state index in [1.165, 1.54) is 0 Å². The maximum atomic E-state index is 12.1. The summed E-state index contributed by atoms with van der Waals surface area (Å²) in [6.45, 7) is 2.01. The highest BCUT2D eigenvalue weighted by Gasteiger charge is 2.33. The zero-order valence-electron chi connectivity index (χ0n) is 11.4.